The second-order valence-corrected chi connectivity index (χ2v) is 9.05. The van der Waals surface area contributed by atoms with Crippen molar-refractivity contribution in [3.8, 4) is 5.75 Å². The number of hydrogen-bond donors (Lipinski definition) is 0. The van der Waals surface area contributed by atoms with Crippen LogP contribution in [0, 0.1) is 0 Å². The number of carbonyl (C=O) groups is 1. The molecule has 0 unspecified atom stereocenters. The summed E-state index contributed by atoms with van der Waals surface area (Å²) in [6.07, 6.45) is 0. The summed E-state index contributed by atoms with van der Waals surface area (Å²) in [6, 6.07) is 16.0. The van der Waals surface area contributed by atoms with Crippen molar-refractivity contribution in [3.63, 3.8) is 0 Å². The zero-order valence-electron chi connectivity index (χ0n) is 15.1. The number of carbonyl (C=O) groups excluding carboxylic acids is 1. The number of hydrogen-bond acceptors (Lipinski definition) is 5. The van der Waals surface area contributed by atoms with Crippen molar-refractivity contribution in [3.05, 3.63) is 54.6 Å². The first-order valence-corrected chi connectivity index (χ1v) is 11.0. The van der Waals surface area contributed by atoms with E-state index in [4.69, 9.17) is 4.74 Å². The standard InChI is InChI=1S/C19H22N2O4S2/c1-25-16-7-9-17(10-8-16)26-15-19(22)20-11-13-21(14-12-20)27(23,24)18-5-3-2-4-6-18/h2-10H,11-15H2,1H3. The van der Waals surface area contributed by atoms with Crippen molar-refractivity contribution in [2.75, 3.05) is 39.0 Å². The molecular formula is C19H22N2O4S2. The second kappa shape index (κ2) is 8.77. The Labute approximate surface area is 164 Å². The number of amides is 1. The molecule has 1 aliphatic heterocycles. The van der Waals surface area contributed by atoms with E-state index in [1.54, 1.807) is 42.3 Å². The van der Waals surface area contributed by atoms with E-state index in [9.17, 15) is 13.2 Å². The van der Waals surface area contributed by atoms with E-state index in [2.05, 4.69) is 0 Å². The van der Waals surface area contributed by atoms with E-state index in [0.29, 0.717) is 36.8 Å². The number of benzene rings is 2. The average Bonchev–Trinajstić information content (AvgIpc) is 2.73. The van der Waals surface area contributed by atoms with E-state index in [1.807, 2.05) is 24.3 Å². The van der Waals surface area contributed by atoms with Crippen LogP contribution in [0.4, 0.5) is 0 Å². The van der Waals surface area contributed by atoms with Crippen LogP contribution in [-0.4, -0.2) is 62.6 Å². The molecule has 8 heteroatoms. The van der Waals surface area contributed by atoms with Crippen LogP contribution in [0.3, 0.4) is 0 Å². The van der Waals surface area contributed by atoms with Crippen LogP contribution in [0.15, 0.2) is 64.4 Å². The van der Waals surface area contributed by atoms with E-state index in [-0.39, 0.29) is 5.91 Å². The fraction of sp³-hybridized carbons (Fsp3) is 0.316. The van der Waals surface area contributed by atoms with Crippen LogP contribution in [-0.2, 0) is 14.8 Å². The SMILES string of the molecule is COc1ccc(SCC(=O)N2CCN(S(=O)(=O)c3ccccc3)CC2)cc1. The first kappa shape index (κ1) is 19.7. The van der Waals surface area contributed by atoms with Crippen LogP contribution in [0.2, 0.25) is 0 Å². The molecule has 0 bridgehead atoms. The number of piperazine rings is 1. The number of nitrogens with zero attached hydrogens (tertiary/aromatic N) is 2. The maximum Gasteiger partial charge on any atom is 0.243 e. The van der Waals surface area contributed by atoms with Gasteiger partial charge >= 0.3 is 0 Å². The van der Waals surface area contributed by atoms with Gasteiger partial charge in [0.15, 0.2) is 0 Å². The van der Waals surface area contributed by atoms with Crippen LogP contribution in [0.5, 0.6) is 5.75 Å². The molecule has 144 valence electrons. The average molecular weight is 407 g/mol. The number of ether oxygens (including phenoxy) is 1. The molecule has 0 spiro atoms. The molecule has 0 aromatic heterocycles. The number of thioether (sulfide) groups is 1. The zero-order chi connectivity index (χ0) is 19.3. The predicted molar refractivity (Wildman–Crippen MR) is 105 cm³/mol. The van der Waals surface area contributed by atoms with Gasteiger partial charge in [-0.3, -0.25) is 4.79 Å². The van der Waals surface area contributed by atoms with Crippen molar-refractivity contribution in [2.24, 2.45) is 0 Å². The lowest BCUT2D eigenvalue weighted by Crippen LogP contribution is -2.50. The molecule has 0 N–H and O–H groups in total. The molecule has 1 fully saturated rings. The van der Waals surface area contributed by atoms with Gasteiger partial charge in [-0.25, -0.2) is 8.42 Å². The van der Waals surface area contributed by atoms with Gasteiger partial charge in [-0.2, -0.15) is 4.31 Å². The molecule has 1 saturated heterocycles. The third kappa shape index (κ3) is 4.82. The Morgan fingerprint density at radius 2 is 1.63 bits per heavy atom. The van der Waals surface area contributed by atoms with Gasteiger partial charge in [0, 0.05) is 31.1 Å². The lowest BCUT2D eigenvalue weighted by Gasteiger charge is -2.34. The second-order valence-electron chi connectivity index (χ2n) is 6.06. The van der Waals surface area contributed by atoms with E-state index in [0.717, 1.165) is 10.6 Å². The summed E-state index contributed by atoms with van der Waals surface area (Å²) >= 11 is 1.47. The highest BCUT2D eigenvalue weighted by atomic mass is 32.2. The Morgan fingerprint density at radius 1 is 1.00 bits per heavy atom. The molecule has 0 saturated carbocycles. The van der Waals surface area contributed by atoms with Crippen molar-refractivity contribution < 1.29 is 17.9 Å². The fourth-order valence-corrected chi connectivity index (χ4v) is 5.07. The van der Waals surface area contributed by atoms with E-state index < -0.39 is 10.0 Å². The number of sulfonamides is 1. The Balaban J connectivity index is 1.51. The minimum atomic E-state index is -3.49. The van der Waals surface area contributed by atoms with E-state index >= 15 is 0 Å². The largest absolute Gasteiger partial charge is 0.497 e. The number of methoxy groups -OCH3 is 1. The van der Waals surface area contributed by atoms with Crippen molar-refractivity contribution in [2.45, 2.75) is 9.79 Å². The van der Waals surface area contributed by atoms with Crippen molar-refractivity contribution >= 4 is 27.7 Å². The Bertz CT molecular complexity index is 862. The molecule has 27 heavy (non-hydrogen) atoms. The minimum Gasteiger partial charge on any atom is -0.497 e. The third-order valence-electron chi connectivity index (χ3n) is 4.39. The van der Waals surface area contributed by atoms with Gasteiger partial charge < -0.3 is 9.64 Å². The molecule has 3 rings (SSSR count). The topological polar surface area (TPSA) is 66.9 Å². The number of rotatable bonds is 6. The molecule has 0 aliphatic carbocycles. The molecule has 2 aromatic rings. The quantitative estimate of drug-likeness (QED) is 0.689. The summed E-state index contributed by atoms with van der Waals surface area (Å²) in [4.78, 5) is 15.4. The van der Waals surface area contributed by atoms with Crippen molar-refractivity contribution in [1.29, 1.82) is 0 Å². The minimum absolute atomic E-state index is 0.0209. The monoisotopic (exact) mass is 406 g/mol. The Hall–Kier alpha value is -2.03. The molecule has 0 radical (unpaired) electrons. The van der Waals surface area contributed by atoms with Gasteiger partial charge in [-0.15, -0.1) is 11.8 Å². The third-order valence-corrected chi connectivity index (χ3v) is 7.30. The summed E-state index contributed by atoms with van der Waals surface area (Å²) in [6.45, 7) is 1.45. The summed E-state index contributed by atoms with van der Waals surface area (Å²) < 4.78 is 31.8. The lowest BCUT2D eigenvalue weighted by molar-refractivity contribution is -0.129. The molecule has 2 aromatic carbocycles. The highest BCUT2D eigenvalue weighted by molar-refractivity contribution is 8.00. The van der Waals surface area contributed by atoms with Gasteiger partial charge in [0.25, 0.3) is 0 Å². The molecular weight excluding hydrogens is 384 g/mol. The summed E-state index contributed by atoms with van der Waals surface area (Å²) in [5.74, 6) is 1.13. The maximum absolute atomic E-state index is 12.6. The van der Waals surface area contributed by atoms with Gasteiger partial charge in [-0.1, -0.05) is 18.2 Å². The summed E-state index contributed by atoms with van der Waals surface area (Å²) in [7, 11) is -1.88. The molecule has 1 amide bonds. The van der Waals surface area contributed by atoms with Gasteiger partial charge in [0.2, 0.25) is 15.9 Å². The first-order chi connectivity index (χ1) is 13.0. The Kier molecular flexibility index (Phi) is 6.41. The van der Waals surface area contributed by atoms with Crippen LogP contribution in [0.25, 0.3) is 0 Å². The molecule has 6 nitrogen and oxygen atoms in total. The van der Waals surface area contributed by atoms with Crippen LogP contribution >= 0.6 is 11.8 Å². The summed E-state index contributed by atoms with van der Waals surface area (Å²) in [5.41, 5.74) is 0. The normalized spacial score (nSPS) is 15.5. The fourth-order valence-electron chi connectivity index (χ4n) is 2.83. The van der Waals surface area contributed by atoms with Crippen LogP contribution < -0.4 is 4.74 Å². The van der Waals surface area contributed by atoms with Gasteiger partial charge in [0.1, 0.15) is 5.75 Å². The summed E-state index contributed by atoms with van der Waals surface area (Å²) in [5, 5.41) is 0. The molecule has 1 aliphatic rings. The highest BCUT2D eigenvalue weighted by Gasteiger charge is 2.29. The Morgan fingerprint density at radius 3 is 2.22 bits per heavy atom. The van der Waals surface area contributed by atoms with Crippen molar-refractivity contribution in [1.82, 2.24) is 9.21 Å². The van der Waals surface area contributed by atoms with Gasteiger partial charge in [-0.05, 0) is 36.4 Å². The van der Waals surface area contributed by atoms with E-state index in [1.165, 1.54) is 16.1 Å². The highest BCUT2D eigenvalue weighted by Crippen LogP contribution is 2.22. The maximum atomic E-state index is 12.6. The van der Waals surface area contributed by atoms with Crippen LogP contribution in [0.1, 0.15) is 0 Å². The molecule has 0 atom stereocenters. The lowest BCUT2D eigenvalue weighted by atomic mass is 10.3. The predicted octanol–water partition coefficient (Wildman–Crippen LogP) is 2.32. The first-order valence-electron chi connectivity index (χ1n) is 8.60. The smallest absolute Gasteiger partial charge is 0.243 e. The zero-order valence-corrected chi connectivity index (χ0v) is 16.7. The molecule has 1 heterocycles. The van der Waals surface area contributed by atoms with Gasteiger partial charge in [0.05, 0.1) is 17.8 Å².